The monoisotopic (exact) mass is 1240 g/mol. The highest BCUT2D eigenvalue weighted by Crippen LogP contribution is 2.33. The van der Waals surface area contributed by atoms with Crippen molar-refractivity contribution < 1.29 is 60.5 Å². The number of hydrogen-bond acceptors (Lipinski definition) is 16. The zero-order chi connectivity index (χ0) is 53.3. The van der Waals surface area contributed by atoms with Crippen LogP contribution in [0.3, 0.4) is 0 Å². The lowest BCUT2D eigenvalue weighted by atomic mass is 10.1. The number of rotatable bonds is 4. The van der Waals surface area contributed by atoms with Gasteiger partial charge in [-0.25, -0.2) is 9.59 Å². The van der Waals surface area contributed by atoms with Gasteiger partial charge in [0.1, 0.15) is 31.1 Å². The number of carbonyl (C=O) groups excluding carboxylic acids is 3. The van der Waals surface area contributed by atoms with Gasteiger partial charge in [-0.3, -0.25) is 23.4 Å². The Hall–Kier alpha value is -3.21. The van der Waals surface area contributed by atoms with Crippen molar-refractivity contribution in [1.82, 2.24) is 44.5 Å². The molecule has 0 spiro atoms. The molecule has 3 amide bonds. The van der Waals surface area contributed by atoms with E-state index in [1.54, 1.807) is 16.7 Å². The highest BCUT2D eigenvalue weighted by molar-refractivity contribution is 9.11. The summed E-state index contributed by atoms with van der Waals surface area (Å²) in [6, 6.07) is 0.669. The fourth-order valence-corrected chi connectivity index (χ4v) is 10.8. The minimum absolute atomic E-state index is 0.129. The number of H-pyrrole nitrogens is 1. The second-order valence-electron chi connectivity index (χ2n) is 20.6. The third kappa shape index (κ3) is 17.7. The molecule has 4 unspecified atom stereocenters. The summed E-state index contributed by atoms with van der Waals surface area (Å²) in [4.78, 5) is 40.9. The van der Waals surface area contributed by atoms with Crippen LogP contribution in [0.2, 0.25) is 0 Å². The molecule has 410 valence electrons. The first-order chi connectivity index (χ1) is 34.4. The Kier molecular flexibility index (Phi) is 21.2. The molecule has 2 N–H and O–H groups in total. The Morgan fingerprint density at radius 2 is 1.10 bits per heavy atom. The number of aromatic amines is 1. The predicted octanol–water partition coefficient (Wildman–Crippen LogP) is 6.40. The highest BCUT2D eigenvalue weighted by Gasteiger charge is 2.34. The van der Waals surface area contributed by atoms with E-state index in [0.717, 1.165) is 121 Å². The van der Waals surface area contributed by atoms with Crippen molar-refractivity contribution in [2.24, 2.45) is 0 Å². The Bertz CT molecular complexity index is 2430. The van der Waals surface area contributed by atoms with Gasteiger partial charge in [0.2, 0.25) is 5.91 Å². The summed E-state index contributed by atoms with van der Waals surface area (Å²) in [7, 11) is -3.29. The number of amides is 3. The van der Waals surface area contributed by atoms with Crippen LogP contribution in [0.15, 0.2) is 13.8 Å². The molecular weight excluding hydrogens is 1170 g/mol. The summed E-state index contributed by atoms with van der Waals surface area (Å²) in [6.07, 6.45) is 6.06. The van der Waals surface area contributed by atoms with Crippen LogP contribution in [-0.4, -0.2) is 178 Å². The summed E-state index contributed by atoms with van der Waals surface area (Å²) in [6.45, 7) is 22.1. The van der Waals surface area contributed by atoms with Crippen LogP contribution in [0, 0.1) is 0 Å². The second kappa shape index (κ2) is 26.2. The maximum atomic E-state index is 12.2. The van der Waals surface area contributed by atoms with Crippen molar-refractivity contribution in [2.45, 2.75) is 149 Å². The Labute approximate surface area is 453 Å². The van der Waals surface area contributed by atoms with Crippen LogP contribution >= 0.6 is 47.8 Å². The van der Waals surface area contributed by atoms with Gasteiger partial charge in [0, 0.05) is 112 Å². The number of ether oxygens (including phenoxy) is 6. The topological polar surface area (TPSA) is 244 Å². The molecule has 73 heavy (non-hydrogen) atoms. The molecule has 7 aliphatic rings. The maximum absolute atomic E-state index is 12.2. The predicted molar refractivity (Wildman–Crippen MR) is 277 cm³/mol. The average Bonchev–Trinajstić information content (AvgIpc) is 4.18. The molecule has 7 aliphatic heterocycles. The highest BCUT2D eigenvalue weighted by atomic mass is 79.9. The van der Waals surface area contributed by atoms with E-state index in [0.29, 0.717) is 71.0 Å². The van der Waals surface area contributed by atoms with Crippen LogP contribution < -0.4 is 0 Å². The van der Waals surface area contributed by atoms with Crippen LogP contribution in [0.5, 0.6) is 0 Å². The molecule has 0 radical (unpaired) electrons. The number of fused-ring (bicyclic) bond motifs is 3. The van der Waals surface area contributed by atoms with E-state index >= 15 is 0 Å². The summed E-state index contributed by atoms with van der Waals surface area (Å²) in [5.41, 5.74) is 5.92. The van der Waals surface area contributed by atoms with Crippen molar-refractivity contribution in [3.8, 4) is 0 Å². The molecule has 10 heterocycles. The summed E-state index contributed by atoms with van der Waals surface area (Å²) >= 11 is 10.4. The van der Waals surface area contributed by atoms with E-state index < -0.39 is 21.3 Å². The first-order valence-electron chi connectivity index (χ1n) is 24.7. The number of nitrogens with one attached hydrogen (secondary N) is 1. The van der Waals surface area contributed by atoms with E-state index in [9.17, 15) is 22.8 Å². The Morgan fingerprint density at radius 1 is 0.644 bits per heavy atom. The molecular formula is C47H72Br3N9O13S. The molecule has 3 aromatic rings. The van der Waals surface area contributed by atoms with Crippen molar-refractivity contribution in [3.63, 3.8) is 0 Å². The van der Waals surface area contributed by atoms with Crippen LogP contribution in [-0.2, 0) is 86.4 Å². The molecule has 26 heteroatoms. The SMILES string of the molecule is CC(=O)N1CCc2c(c(Br)nn2C2CCOC2)C1.CC(C)(C)OC(=O)N1CCc2[nH]nc(Br)c2C1.CC(C)(C)OC(=O)N1CCc2c(c(Br)nn2C2CCOC2)C1.CS(=O)(=O)OC1CCOC1.OC1CCOC1. The lowest BCUT2D eigenvalue weighted by Gasteiger charge is -2.30. The number of nitrogens with zero attached hydrogens (tertiary/aromatic N) is 8. The summed E-state index contributed by atoms with van der Waals surface area (Å²) in [5, 5.41) is 24.8. The van der Waals surface area contributed by atoms with Gasteiger partial charge in [0.05, 0.1) is 70.5 Å². The first-order valence-corrected chi connectivity index (χ1v) is 28.9. The van der Waals surface area contributed by atoms with Gasteiger partial charge < -0.3 is 48.2 Å². The first kappa shape index (κ1) is 59.0. The van der Waals surface area contributed by atoms with Crippen molar-refractivity contribution in [2.75, 3.05) is 78.7 Å². The third-order valence-corrected chi connectivity index (χ3v) is 14.9. The minimum Gasteiger partial charge on any atom is -0.444 e. The van der Waals surface area contributed by atoms with Gasteiger partial charge >= 0.3 is 12.2 Å². The molecule has 0 aliphatic carbocycles. The second-order valence-corrected chi connectivity index (χ2v) is 24.5. The molecule has 10 rings (SSSR count). The molecule has 4 saturated heterocycles. The Balaban J connectivity index is 0.000000156. The van der Waals surface area contributed by atoms with Crippen LogP contribution in [0.1, 0.15) is 120 Å². The van der Waals surface area contributed by atoms with Gasteiger partial charge in [-0.2, -0.15) is 23.7 Å². The van der Waals surface area contributed by atoms with E-state index in [1.807, 2.05) is 46.4 Å². The molecule has 4 atom stereocenters. The van der Waals surface area contributed by atoms with E-state index in [-0.39, 0.29) is 30.3 Å². The standard InChI is InChI=1S/C15H22BrN3O3.C12H16BrN3O2.C11H16BrN3O2.C5H10O4S.C4H8O2/c1-15(2,3)22-14(20)18-6-4-12-11(8-18)13(16)17-19(12)10-5-7-21-9-10;1-8(17)15-4-2-11-10(6-15)12(13)14-16(11)9-3-5-18-7-9;1-11(2,3)17-10(16)15-5-4-8-7(6-15)9(12)14-13-8;1-10(6,7)9-5-2-3-8-4-5;5-4-1-2-6-3-4/h10H,4-9H2,1-3H3;9H,2-7H2,1H3;4-6H2,1-3H3,(H,13,14);5H,2-4H2,1H3;4-5H,1-3H2. The zero-order valence-corrected chi connectivity index (χ0v) is 48.7. The normalized spacial score (nSPS) is 22.5. The van der Waals surface area contributed by atoms with Crippen molar-refractivity contribution in [1.29, 1.82) is 0 Å². The third-order valence-electron chi connectivity index (χ3n) is 12.3. The van der Waals surface area contributed by atoms with Gasteiger partial charge in [0.25, 0.3) is 10.1 Å². The largest absolute Gasteiger partial charge is 0.444 e. The Morgan fingerprint density at radius 3 is 1.51 bits per heavy atom. The van der Waals surface area contributed by atoms with Crippen molar-refractivity contribution >= 4 is 76.0 Å². The van der Waals surface area contributed by atoms with Crippen molar-refractivity contribution in [3.05, 3.63) is 47.6 Å². The molecule has 4 fully saturated rings. The number of aromatic nitrogens is 6. The smallest absolute Gasteiger partial charge is 0.410 e. The maximum Gasteiger partial charge on any atom is 0.410 e. The van der Waals surface area contributed by atoms with E-state index in [4.69, 9.17) is 33.5 Å². The number of aliphatic hydroxyl groups excluding tert-OH is 1. The van der Waals surface area contributed by atoms with E-state index in [1.165, 1.54) is 11.4 Å². The zero-order valence-electron chi connectivity index (χ0n) is 43.1. The van der Waals surface area contributed by atoms with Gasteiger partial charge in [-0.15, -0.1) is 0 Å². The van der Waals surface area contributed by atoms with Gasteiger partial charge in [-0.1, -0.05) is 0 Å². The lowest BCUT2D eigenvalue weighted by molar-refractivity contribution is -0.129. The average molecular weight is 1240 g/mol. The quantitative estimate of drug-likeness (QED) is 0.269. The molecule has 22 nitrogen and oxygen atoms in total. The number of halogens is 3. The fourth-order valence-electron chi connectivity index (χ4n) is 8.70. The van der Waals surface area contributed by atoms with Gasteiger partial charge in [-0.05, 0) is 109 Å². The lowest BCUT2D eigenvalue weighted by Crippen LogP contribution is -2.40. The number of hydrogen-bond donors (Lipinski definition) is 2. The number of carbonyl (C=O) groups is 3. The number of aliphatic hydroxyl groups is 1. The molecule has 3 aromatic heterocycles. The molecule has 0 aromatic carbocycles. The molecule has 0 bridgehead atoms. The summed E-state index contributed by atoms with van der Waals surface area (Å²) < 4.78 is 63.7. The van der Waals surface area contributed by atoms with E-state index in [2.05, 4.69) is 81.7 Å². The molecule has 0 saturated carbocycles. The fraction of sp³-hybridized carbons (Fsp3) is 0.745. The van der Waals surface area contributed by atoms with Crippen LogP contribution in [0.4, 0.5) is 9.59 Å². The minimum atomic E-state index is -3.29. The summed E-state index contributed by atoms with van der Waals surface area (Å²) in [5.74, 6) is 0.129. The van der Waals surface area contributed by atoms with Crippen LogP contribution in [0.25, 0.3) is 0 Å². The van der Waals surface area contributed by atoms with Gasteiger partial charge in [0.15, 0.2) is 0 Å².